The number of nitrogens with zero attached hydrogens (tertiary/aromatic N) is 1. The number of anilines is 3. The van der Waals surface area contributed by atoms with Gasteiger partial charge in [-0.2, -0.15) is 0 Å². The molecule has 1 aliphatic carbocycles. The van der Waals surface area contributed by atoms with Crippen LogP contribution >= 0.6 is 11.3 Å². The Bertz CT molecular complexity index is 2420. The lowest BCUT2D eigenvalue weighted by Crippen LogP contribution is -2.16. The van der Waals surface area contributed by atoms with Crippen molar-refractivity contribution in [3.8, 4) is 33.4 Å². The summed E-state index contributed by atoms with van der Waals surface area (Å²) in [6.07, 6.45) is 0. The van der Waals surface area contributed by atoms with E-state index in [-0.39, 0.29) is 5.41 Å². The fraction of sp³-hybridized carbons (Fsp3) is 0.0667. The Labute approximate surface area is 280 Å². The van der Waals surface area contributed by atoms with E-state index in [1.54, 1.807) is 0 Å². The highest BCUT2D eigenvalue weighted by Gasteiger charge is 2.35. The molecule has 2 heteroatoms. The summed E-state index contributed by atoms with van der Waals surface area (Å²) in [7, 11) is 0. The van der Waals surface area contributed by atoms with Gasteiger partial charge in [0.15, 0.2) is 0 Å². The lowest BCUT2D eigenvalue weighted by molar-refractivity contribution is 0.660. The van der Waals surface area contributed by atoms with Crippen molar-refractivity contribution in [2.24, 2.45) is 0 Å². The highest BCUT2D eigenvalue weighted by molar-refractivity contribution is 7.26. The summed E-state index contributed by atoms with van der Waals surface area (Å²) in [5, 5.41) is 2.59. The van der Waals surface area contributed by atoms with E-state index >= 15 is 0 Å². The van der Waals surface area contributed by atoms with Gasteiger partial charge in [-0.15, -0.1) is 11.3 Å². The Balaban J connectivity index is 1.27. The van der Waals surface area contributed by atoms with Gasteiger partial charge in [-0.05, 0) is 93.0 Å². The van der Waals surface area contributed by atoms with Gasteiger partial charge in [0.2, 0.25) is 0 Å². The van der Waals surface area contributed by atoms with Crippen molar-refractivity contribution in [1.29, 1.82) is 0 Å². The molecule has 47 heavy (non-hydrogen) atoms. The number of hydrogen-bond acceptors (Lipinski definition) is 2. The fourth-order valence-electron chi connectivity index (χ4n) is 7.50. The van der Waals surface area contributed by atoms with Gasteiger partial charge in [0.05, 0.1) is 5.69 Å². The average molecular weight is 620 g/mol. The van der Waals surface area contributed by atoms with Crippen LogP contribution < -0.4 is 4.90 Å². The smallest absolute Gasteiger partial charge is 0.0554 e. The molecule has 1 nitrogen and oxygen atoms in total. The molecule has 0 radical (unpaired) electrons. The minimum atomic E-state index is -0.0869. The minimum Gasteiger partial charge on any atom is -0.310 e. The van der Waals surface area contributed by atoms with Gasteiger partial charge in [0, 0.05) is 37.0 Å². The van der Waals surface area contributed by atoms with Crippen LogP contribution in [-0.2, 0) is 5.41 Å². The molecule has 1 aromatic heterocycles. The second-order valence-electron chi connectivity index (χ2n) is 13.0. The first kappa shape index (κ1) is 27.8. The summed E-state index contributed by atoms with van der Waals surface area (Å²) >= 11 is 1.87. The van der Waals surface area contributed by atoms with Crippen molar-refractivity contribution in [2.45, 2.75) is 19.3 Å². The maximum atomic E-state index is 2.47. The molecule has 0 aliphatic heterocycles. The van der Waals surface area contributed by atoms with Gasteiger partial charge < -0.3 is 4.90 Å². The fourth-order valence-corrected chi connectivity index (χ4v) is 8.60. The van der Waals surface area contributed by atoms with Gasteiger partial charge in [-0.1, -0.05) is 129 Å². The van der Waals surface area contributed by atoms with Gasteiger partial charge in [0.25, 0.3) is 0 Å². The van der Waals surface area contributed by atoms with Gasteiger partial charge in [-0.3, -0.25) is 0 Å². The molecule has 0 N–H and O–H groups in total. The Morgan fingerprint density at radius 2 is 1.06 bits per heavy atom. The first-order chi connectivity index (χ1) is 23.1. The predicted molar refractivity (Wildman–Crippen MR) is 202 cm³/mol. The highest BCUT2D eigenvalue weighted by Crippen LogP contribution is 2.52. The molecular formula is C45H33NS. The van der Waals surface area contributed by atoms with E-state index in [9.17, 15) is 0 Å². The van der Waals surface area contributed by atoms with Gasteiger partial charge >= 0.3 is 0 Å². The van der Waals surface area contributed by atoms with Gasteiger partial charge in [-0.25, -0.2) is 0 Å². The Morgan fingerprint density at radius 3 is 1.83 bits per heavy atom. The maximum absolute atomic E-state index is 2.47. The molecular weight excluding hydrogens is 587 g/mol. The molecule has 0 fully saturated rings. The first-order valence-corrected chi connectivity index (χ1v) is 17.1. The molecule has 0 saturated heterocycles. The van der Waals surface area contributed by atoms with E-state index in [0.717, 1.165) is 5.69 Å². The second-order valence-corrected chi connectivity index (χ2v) is 14.1. The van der Waals surface area contributed by atoms with Crippen LogP contribution in [0.4, 0.5) is 17.1 Å². The third-order valence-corrected chi connectivity index (χ3v) is 11.0. The minimum absolute atomic E-state index is 0.0869. The van der Waals surface area contributed by atoms with Crippen molar-refractivity contribution in [3.63, 3.8) is 0 Å². The molecule has 1 aliphatic rings. The molecule has 8 aromatic rings. The van der Waals surface area contributed by atoms with Crippen molar-refractivity contribution < 1.29 is 0 Å². The van der Waals surface area contributed by atoms with E-state index in [2.05, 4.69) is 183 Å². The summed E-state index contributed by atoms with van der Waals surface area (Å²) in [6.45, 7) is 4.72. The molecule has 0 unspecified atom stereocenters. The zero-order valence-electron chi connectivity index (χ0n) is 26.4. The molecule has 1 heterocycles. The van der Waals surface area contributed by atoms with Crippen LogP contribution in [0, 0.1) is 0 Å². The third kappa shape index (κ3) is 4.52. The van der Waals surface area contributed by atoms with Crippen molar-refractivity contribution >= 4 is 48.6 Å². The van der Waals surface area contributed by atoms with E-state index in [4.69, 9.17) is 0 Å². The van der Waals surface area contributed by atoms with Crippen LogP contribution in [0.25, 0.3) is 53.6 Å². The lowest BCUT2D eigenvalue weighted by atomic mass is 9.82. The van der Waals surface area contributed by atoms with Crippen LogP contribution in [0.1, 0.15) is 25.0 Å². The number of benzene rings is 7. The Kier molecular flexibility index (Phi) is 6.41. The predicted octanol–water partition coefficient (Wildman–Crippen LogP) is 13.2. The normalized spacial score (nSPS) is 13.1. The van der Waals surface area contributed by atoms with Crippen molar-refractivity contribution in [3.05, 3.63) is 175 Å². The Morgan fingerprint density at radius 1 is 0.447 bits per heavy atom. The van der Waals surface area contributed by atoms with Crippen LogP contribution in [0.5, 0.6) is 0 Å². The molecule has 0 spiro atoms. The summed E-state index contributed by atoms with van der Waals surface area (Å²) in [6, 6.07) is 60.1. The number of thiophene rings is 1. The average Bonchev–Trinajstić information content (AvgIpc) is 3.61. The quantitative estimate of drug-likeness (QED) is 0.185. The number of hydrogen-bond donors (Lipinski definition) is 0. The maximum Gasteiger partial charge on any atom is 0.0554 e. The highest BCUT2D eigenvalue weighted by atomic mass is 32.1. The standard InChI is InChI=1S/C45H33NS/c1-45(2)39-17-10-9-16-36(39)37-26-25-35(29-40(37)45)46(34-23-20-32(21-24-34)30-12-5-3-6-13-30)41-18-11-19-43-44(41)38-28-33(22-27-42(38)47-43)31-14-7-4-8-15-31/h3-29H,1-2H3. The molecule has 0 saturated carbocycles. The topological polar surface area (TPSA) is 3.24 Å². The third-order valence-electron chi connectivity index (χ3n) is 9.88. The molecule has 9 rings (SSSR count). The first-order valence-electron chi connectivity index (χ1n) is 16.3. The zero-order valence-corrected chi connectivity index (χ0v) is 27.3. The number of fused-ring (bicyclic) bond motifs is 6. The molecule has 0 bridgehead atoms. The number of rotatable bonds is 5. The summed E-state index contributed by atoms with van der Waals surface area (Å²) < 4.78 is 2.60. The van der Waals surface area contributed by atoms with E-state index in [0.29, 0.717) is 0 Å². The Hall–Kier alpha value is -5.44. The zero-order chi connectivity index (χ0) is 31.5. The van der Waals surface area contributed by atoms with Crippen molar-refractivity contribution in [2.75, 3.05) is 4.90 Å². The van der Waals surface area contributed by atoms with Crippen molar-refractivity contribution in [1.82, 2.24) is 0 Å². The second kappa shape index (κ2) is 10.8. The molecule has 224 valence electrons. The van der Waals surface area contributed by atoms with E-state index in [1.165, 1.54) is 76.1 Å². The molecule has 0 amide bonds. The monoisotopic (exact) mass is 619 g/mol. The summed E-state index contributed by atoms with van der Waals surface area (Å²) in [4.78, 5) is 2.47. The lowest BCUT2D eigenvalue weighted by Gasteiger charge is -2.29. The van der Waals surface area contributed by atoms with Crippen LogP contribution in [0.15, 0.2) is 164 Å². The van der Waals surface area contributed by atoms with Crippen LogP contribution in [0.3, 0.4) is 0 Å². The molecule has 7 aromatic carbocycles. The summed E-state index contributed by atoms with van der Waals surface area (Å²) in [5.41, 5.74) is 13.8. The summed E-state index contributed by atoms with van der Waals surface area (Å²) in [5.74, 6) is 0. The largest absolute Gasteiger partial charge is 0.310 e. The van der Waals surface area contributed by atoms with Gasteiger partial charge in [0.1, 0.15) is 0 Å². The van der Waals surface area contributed by atoms with E-state index < -0.39 is 0 Å². The SMILES string of the molecule is CC1(C)c2ccccc2-c2ccc(N(c3ccc(-c4ccccc4)cc3)c3cccc4sc5ccc(-c6ccccc6)cc5c34)cc21. The molecule has 0 atom stereocenters. The van der Waals surface area contributed by atoms with Crippen LogP contribution in [0.2, 0.25) is 0 Å². The van der Waals surface area contributed by atoms with E-state index in [1.807, 2.05) is 11.3 Å². The van der Waals surface area contributed by atoms with Crippen LogP contribution in [-0.4, -0.2) is 0 Å².